The van der Waals surface area contributed by atoms with E-state index in [9.17, 15) is 56.2 Å². The molecule has 4 saturated heterocycles. The van der Waals surface area contributed by atoms with E-state index in [-0.39, 0.29) is 53.6 Å². The van der Waals surface area contributed by atoms with Crippen molar-refractivity contribution >= 4 is 0 Å². The van der Waals surface area contributed by atoms with Crippen molar-refractivity contribution in [1.29, 1.82) is 0 Å². The van der Waals surface area contributed by atoms with E-state index in [4.69, 9.17) is 33.2 Å². The van der Waals surface area contributed by atoms with Crippen molar-refractivity contribution < 1.29 is 89.3 Å². The molecule has 0 spiro atoms. The van der Waals surface area contributed by atoms with E-state index < -0.39 is 122 Å². The van der Waals surface area contributed by atoms with Gasteiger partial charge in [-0.15, -0.1) is 0 Å². The number of aliphatic hydroxyl groups is 11. The van der Waals surface area contributed by atoms with Crippen LogP contribution < -0.4 is 0 Å². The number of fused-ring (bicyclic) bond motifs is 5. The topological polar surface area (TPSA) is 287 Å². The van der Waals surface area contributed by atoms with Crippen LogP contribution in [0.1, 0.15) is 106 Å². The highest BCUT2D eigenvalue weighted by Gasteiger charge is 2.71. The molecule has 0 bridgehead atoms. The Morgan fingerprint density at radius 2 is 1.29 bits per heavy atom. The summed E-state index contributed by atoms with van der Waals surface area (Å²) in [4.78, 5) is 0. The Morgan fingerprint density at radius 3 is 1.97 bits per heavy atom. The van der Waals surface area contributed by atoms with Gasteiger partial charge in [0.25, 0.3) is 0 Å². The lowest BCUT2D eigenvalue weighted by molar-refractivity contribution is -0.388. The van der Waals surface area contributed by atoms with Crippen molar-refractivity contribution in [1.82, 2.24) is 0 Å². The van der Waals surface area contributed by atoms with Crippen LogP contribution in [0.5, 0.6) is 0 Å². The first-order valence-electron chi connectivity index (χ1n) is 24.1. The molecule has 8 aliphatic rings. The zero-order valence-corrected chi connectivity index (χ0v) is 39.0. The van der Waals surface area contributed by atoms with Gasteiger partial charge in [0.1, 0.15) is 66.6 Å². The van der Waals surface area contributed by atoms with Crippen LogP contribution in [0.15, 0.2) is 11.6 Å². The fourth-order valence-electron chi connectivity index (χ4n) is 15.1. The first kappa shape index (κ1) is 50.4. The Labute approximate surface area is 381 Å². The molecular formula is C47H78O18. The average molecular weight is 931 g/mol. The normalized spacial score (nSPS) is 55.9. The van der Waals surface area contributed by atoms with Crippen molar-refractivity contribution in [2.24, 2.45) is 45.3 Å². The molecule has 0 unspecified atom stereocenters. The van der Waals surface area contributed by atoms with E-state index in [0.29, 0.717) is 12.3 Å². The second-order valence-electron chi connectivity index (χ2n) is 22.5. The summed E-state index contributed by atoms with van der Waals surface area (Å²) in [7, 11) is 0. The first-order chi connectivity index (χ1) is 30.5. The molecule has 0 aromatic carbocycles. The minimum absolute atomic E-state index is 0.0557. The van der Waals surface area contributed by atoms with Gasteiger partial charge in [-0.1, -0.05) is 40.7 Å². The predicted molar refractivity (Wildman–Crippen MR) is 227 cm³/mol. The average Bonchev–Trinajstić information content (AvgIpc) is 3.77. The molecule has 0 aromatic rings. The summed E-state index contributed by atoms with van der Waals surface area (Å²) in [5.41, 5.74) is -1.33. The maximum Gasteiger partial charge on any atom is 0.187 e. The van der Waals surface area contributed by atoms with Crippen LogP contribution >= 0.6 is 0 Å². The quantitative estimate of drug-likeness (QED) is 0.101. The molecule has 4 saturated carbocycles. The minimum atomic E-state index is -1.81. The maximum absolute atomic E-state index is 12.2. The summed E-state index contributed by atoms with van der Waals surface area (Å²) in [6.45, 7) is 13.9. The maximum atomic E-state index is 12.2. The molecule has 8 rings (SSSR count). The van der Waals surface area contributed by atoms with Crippen molar-refractivity contribution in [3.63, 3.8) is 0 Å². The van der Waals surface area contributed by atoms with Crippen molar-refractivity contribution in [3.05, 3.63) is 11.6 Å². The second-order valence-corrected chi connectivity index (χ2v) is 22.5. The molecule has 18 nitrogen and oxygen atoms in total. The Hall–Kier alpha value is -0.980. The Kier molecular flexibility index (Phi) is 14.2. The van der Waals surface area contributed by atoms with E-state index in [0.717, 1.165) is 50.5 Å². The molecule has 0 radical (unpaired) electrons. The highest BCUT2D eigenvalue weighted by atomic mass is 16.8. The first-order valence-corrected chi connectivity index (χ1v) is 24.1. The summed E-state index contributed by atoms with van der Waals surface area (Å²) in [5.74, 6) is 0.623. The van der Waals surface area contributed by atoms with E-state index >= 15 is 0 Å². The summed E-state index contributed by atoms with van der Waals surface area (Å²) in [6, 6.07) is 0. The van der Waals surface area contributed by atoms with Crippen LogP contribution in [0.2, 0.25) is 0 Å². The Bertz CT molecular complexity index is 1700. The number of hydrogen-bond donors (Lipinski definition) is 11. The molecule has 8 fully saturated rings. The SMILES string of the molecule is C/C(=C/[C@@H]1C[C@](O)([C@H]2CC[C@]3(C)[C@@H]2CC[C@@H]2[C@@]4(C)CC[C@H](O[C@@H]5OC[C@H](O)[C@H](O[C@@H]6O[C@H](CO)[C@@H](O)[C@H](O)[C@H]6O)[C@H]5O[C@@H]5O[C@@H](C)[C@H](O)[C@@H](O)[C@H]5O)C(C)(C)[C@@H]4CC[C@]23C)[C@@H](O)O1)CO. The largest absolute Gasteiger partial charge is 0.394 e. The van der Waals surface area contributed by atoms with Gasteiger partial charge in [0.2, 0.25) is 0 Å². The molecular weight excluding hydrogens is 852 g/mol. The fourth-order valence-corrected chi connectivity index (χ4v) is 15.1. The summed E-state index contributed by atoms with van der Waals surface area (Å²) in [6.07, 6.45) is -14.2. The standard InChI is InChI=1S/C47H78O18/c1-21(18-48)16-23-17-47(58,42(57)61-23)25-10-14-45(6)24(25)8-9-29-44(5)13-12-30(43(3,4)28(44)11-15-46(29,45)7)63-41-38(65-39-35(55)33(53)31(51)22(2)60-39)37(26(50)20-59-41)64-40-36(56)34(54)32(52)27(19-49)62-40/h16,22-42,48-58H,8-15,17-20H2,1-7H3/b21-16-/t22-,23+,24+,25-,26-,27+,28-,29+,30-,31-,32+,33+,34-,35+,36+,37-,38+,39-,40-,41-,42-,44-,45+,46+,47-/m0/s1. The minimum Gasteiger partial charge on any atom is -0.394 e. The van der Waals surface area contributed by atoms with Crippen molar-refractivity contribution in [2.75, 3.05) is 19.8 Å². The van der Waals surface area contributed by atoms with Gasteiger partial charge in [-0.3, -0.25) is 0 Å². The summed E-state index contributed by atoms with van der Waals surface area (Å²) >= 11 is 0. The lowest BCUT2D eigenvalue weighted by atomic mass is 9.35. The number of aliphatic hydroxyl groups excluding tert-OH is 10. The predicted octanol–water partition coefficient (Wildman–Crippen LogP) is -0.0513. The van der Waals surface area contributed by atoms with E-state index in [1.165, 1.54) is 6.92 Å². The van der Waals surface area contributed by atoms with Gasteiger partial charge < -0.3 is 89.3 Å². The molecule has 11 N–H and O–H groups in total. The van der Waals surface area contributed by atoms with Crippen LogP contribution in [-0.2, 0) is 33.2 Å². The number of hydrogen-bond acceptors (Lipinski definition) is 18. The smallest absolute Gasteiger partial charge is 0.187 e. The van der Waals surface area contributed by atoms with Gasteiger partial charge in [0.15, 0.2) is 25.2 Å². The van der Waals surface area contributed by atoms with E-state index in [2.05, 4.69) is 34.6 Å². The number of ether oxygens (including phenoxy) is 7. The molecule has 25 atom stereocenters. The van der Waals surface area contributed by atoms with Crippen LogP contribution in [0, 0.1) is 45.3 Å². The van der Waals surface area contributed by atoms with Gasteiger partial charge in [-0.25, -0.2) is 0 Å². The zero-order chi connectivity index (χ0) is 47.3. The lowest BCUT2D eigenvalue weighted by Crippen LogP contribution is -2.66. The van der Waals surface area contributed by atoms with E-state index in [1.54, 1.807) is 13.0 Å². The Morgan fingerprint density at radius 1 is 0.646 bits per heavy atom. The summed E-state index contributed by atoms with van der Waals surface area (Å²) < 4.78 is 43.0. The molecule has 65 heavy (non-hydrogen) atoms. The monoisotopic (exact) mass is 931 g/mol. The van der Waals surface area contributed by atoms with Crippen LogP contribution in [-0.4, -0.2) is 186 Å². The molecule has 4 aliphatic carbocycles. The molecule has 18 heteroatoms. The Balaban J connectivity index is 1.02. The van der Waals surface area contributed by atoms with Gasteiger partial charge in [0.05, 0.1) is 38.1 Å². The molecule has 0 amide bonds. The second kappa shape index (κ2) is 18.3. The van der Waals surface area contributed by atoms with Gasteiger partial charge >= 0.3 is 0 Å². The van der Waals surface area contributed by atoms with Gasteiger partial charge in [-0.05, 0) is 116 Å². The zero-order valence-electron chi connectivity index (χ0n) is 39.0. The molecule has 374 valence electrons. The van der Waals surface area contributed by atoms with Gasteiger partial charge in [0, 0.05) is 6.42 Å². The van der Waals surface area contributed by atoms with Crippen molar-refractivity contribution in [2.45, 2.75) is 216 Å². The third-order valence-corrected chi connectivity index (χ3v) is 18.9. The van der Waals surface area contributed by atoms with Crippen LogP contribution in [0.25, 0.3) is 0 Å². The molecule has 4 heterocycles. The third kappa shape index (κ3) is 8.21. The van der Waals surface area contributed by atoms with E-state index in [1.807, 2.05) is 0 Å². The molecule has 4 aliphatic heterocycles. The summed E-state index contributed by atoms with van der Waals surface area (Å²) in [5, 5.41) is 118. The lowest BCUT2D eigenvalue weighted by Gasteiger charge is -2.70. The van der Waals surface area contributed by atoms with Crippen LogP contribution in [0.4, 0.5) is 0 Å². The fraction of sp³-hybridized carbons (Fsp3) is 0.957. The van der Waals surface area contributed by atoms with Crippen molar-refractivity contribution in [3.8, 4) is 0 Å². The number of rotatable bonds is 10. The highest BCUT2D eigenvalue weighted by Crippen LogP contribution is 2.76. The highest BCUT2D eigenvalue weighted by molar-refractivity contribution is 5.20. The molecule has 0 aromatic heterocycles. The third-order valence-electron chi connectivity index (χ3n) is 18.9. The van der Waals surface area contributed by atoms with Gasteiger partial charge in [-0.2, -0.15) is 0 Å². The van der Waals surface area contributed by atoms with Crippen LogP contribution in [0.3, 0.4) is 0 Å².